The number of aromatic amines is 1. The zero-order valence-corrected chi connectivity index (χ0v) is 19.0. The maximum atomic E-state index is 12.5. The van der Waals surface area contributed by atoms with Gasteiger partial charge in [-0.3, -0.25) is 14.7 Å². The molecule has 172 valence electrons. The zero-order chi connectivity index (χ0) is 23.3. The zero-order valence-electron chi connectivity index (χ0n) is 17.5. The Labute approximate surface area is 195 Å². The monoisotopic (exact) mass is 481 g/mol. The summed E-state index contributed by atoms with van der Waals surface area (Å²) in [6.45, 7) is 0.536. The van der Waals surface area contributed by atoms with Crippen LogP contribution >= 0.6 is 23.2 Å². The highest BCUT2D eigenvalue weighted by Crippen LogP contribution is 2.35. The molecule has 3 rings (SSSR count). The quantitative estimate of drug-likeness (QED) is 0.343. The van der Waals surface area contributed by atoms with Crippen molar-refractivity contribution in [2.45, 2.75) is 18.4 Å². The van der Waals surface area contributed by atoms with Crippen LogP contribution in [0.4, 0.5) is 0 Å². The van der Waals surface area contributed by atoms with E-state index in [0.717, 1.165) is 11.3 Å². The van der Waals surface area contributed by atoms with Crippen molar-refractivity contribution in [1.29, 1.82) is 0 Å². The minimum absolute atomic E-state index is 0.0136. The van der Waals surface area contributed by atoms with E-state index in [0.29, 0.717) is 35.2 Å². The number of hydrogen-bond acceptors (Lipinski definition) is 5. The number of methoxy groups -OCH3 is 1. The van der Waals surface area contributed by atoms with Crippen molar-refractivity contribution in [3.05, 3.63) is 40.0 Å². The number of H-pyrrole nitrogens is 1. The van der Waals surface area contributed by atoms with Gasteiger partial charge in [0.25, 0.3) is 0 Å². The van der Waals surface area contributed by atoms with Crippen molar-refractivity contribution in [2.75, 3.05) is 33.3 Å². The molecule has 0 radical (unpaired) electrons. The Balaban J connectivity index is 1.62. The summed E-state index contributed by atoms with van der Waals surface area (Å²) in [5, 5.41) is 10.9. The number of rotatable bonds is 7. The molecule has 1 aromatic carbocycles. The normalized spacial score (nSPS) is 18.3. The first-order valence-corrected chi connectivity index (χ1v) is 10.7. The van der Waals surface area contributed by atoms with Gasteiger partial charge in [-0.15, -0.1) is 0 Å². The van der Waals surface area contributed by atoms with E-state index in [2.05, 4.69) is 20.5 Å². The number of aliphatic imine (C=N–C) groups is 1. The van der Waals surface area contributed by atoms with Gasteiger partial charge in [0.05, 0.1) is 28.4 Å². The largest absolute Gasteiger partial charge is 0.379 e. The van der Waals surface area contributed by atoms with Crippen LogP contribution in [-0.4, -0.2) is 72.3 Å². The lowest BCUT2D eigenvalue weighted by atomic mass is 9.90. The number of carbonyl (C=O) groups excluding carboxylic acids is 2. The Kier molecular flexibility index (Phi) is 7.94. The van der Waals surface area contributed by atoms with Gasteiger partial charge in [-0.2, -0.15) is 5.10 Å². The minimum Gasteiger partial charge on any atom is -0.379 e. The van der Waals surface area contributed by atoms with Crippen molar-refractivity contribution < 1.29 is 14.3 Å². The molecule has 12 heteroatoms. The molecule has 1 saturated heterocycles. The Morgan fingerprint density at radius 3 is 2.88 bits per heavy atom. The standard InChI is InChI=1S/C20H25Cl2N7O3/c1-32-16-10-29(18(31)9-25-17(30)8-26-20(23)24)6-5-11(16)14-7-15(28-27-14)12-3-2-4-13(21)19(12)22/h2-4,7,11,16H,5-6,8-10H2,1H3,(H,25,30)(H,27,28)(H4,23,24,26). The van der Waals surface area contributed by atoms with E-state index in [1.807, 2.05) is 18.2 Å². The van der Waals surface area contributed by atoms with Crippen LogP contribution in [0.3, 0.4) is 0 Å². The third-order valence-corrected chi connectivity index (χ3v) is 6.10. The molecule has 1 fully saturated rings. The molecule has 32 heavy (non-hydrogen) atoms. The average Bonchev–Trinajstić information content (AvgIpc) is 3.27. The maximum Gasteiger partial charge on any atom is 0.242 e. The van der Waals surface area contributed by atoms with Crippen molar-refractivity contribution in [3.63, 3.8) is 0 Å². The summed E-state index contributed by atoms with van der Waals surface area (Å²) in [4.78, 5) is 29.5. The topological polar surface area (TPSA) is 152 Å². The Bertz CT molecular complexity index is 1010. The molecule has 0 bridgehead atoms. The molecule has 1 aliphatic heterocycles. The van der Waals surface area contributed by atoms with Gasteiger partial charge < -0.3 is 26.4 Å². The van der Waals surface area contributed by atoms with Crippen LogP contribution in [0.2, 0.25) is 10.0 Å². The summed E-state index contributed by atoms with van der Waals surface area (Å²) >= 11 is 12.4. The van der Waals surface area contributed by atoms with Crippen LogP contribution in [0, 0.1) is 0 Å². The molecule has 6 N–H and O–H groups in total. The van der Waals surface area contributed by atoms with Gasteiger partial charge >= 0.3 is 0 Å². The van der Waals surface area contributed by atoms with E-state index in [1.165, 1.54) is 0 Å². The van der Waals surface area contributed by atoms with Crippen LogP contribution in [0.1, 0.15) is 18.0 Å². The van der Waals surface area contributed by atoms with Gasteiger partial charge in [0, 0.05) is 37.4 Å². The Morgan fingerprint density at radius 2 is 2.16 bits per heavy atom. The fraction of sp³-hybridized carbons (Fsp3) is 0.400. The van der Waals surface area contributed by atoms with Crippen LogP contribution in [0.25, 0.3) is 11.3 Å². The lowest BCUT2D eigenvalue weighted by molar-refractivity contribution is -0.136. The third kappa shape index (κ3) is 5.70. The first kappa shape index (κ1) is 23.8. The van der Waals surface area contributed by atoms with Gasteiger partial charge in [-0.25, -0.2) is 4.99 Å². The first-order chi connectivity index (χ1) is 15.3. The molecule has 2 heterocycles. The molecule has 2 unspecified atom stereocenters. The Morgan fingerprint density at radius 1 is 1.38 bits per heavy atom. The number of nitrogens with two attached hydrogens (primary N) is 2. The smallest absolute Gasteiger partial charge is 0.242 e. The molecule has 0 aliphatic carbocycles. The van der Waals surface area contributed by atoms with Gasteiger partial charge in [-0.1, -0.05) is 35.3 Å². The summed E-state index contributed by atoms with van der Waals surface area (Å²) in [6, 6.07) is 7.31. The van der Waals surface area contributed by atoms with E-state index >= 15 is 0 Å². The summed E-state index contributed by atoms with van der Waals surface area (Å²) < 4.78 is 5.67. The predicted molar refractivity (Wildman–Crippen MR) is 122 cm³/mol. The average molecular weight is 482 g/mol. The Hall–Kier alpha value is -2.82. The van der Waals surface area contributed by atoms with Crippen molar-refractivity contribution in [2.24, 2.45) is 16.5 Å². The number of nitrogens with zero attached hydrogens (tertiary/aromatic N) is 3. The number of halogens is 2. The SMILES string of the molecule is COC1CN(C(=O)CNC(=O)CN=C(N)N)CCC1c1cc(-c2cccc(Cl)c2Cl)n[nH]1. The van der Waals surface area contributed by atoms with Crippen LogP contribution in [0.15, 0.2) is 29.3 Å². The number of nitrogens with one attached hydrogen (secondary N) is 2. The summed E-state index contributed by atoms with van der Waals surface area (Å²) in [6.07, 6.45) is 0.421. The number of aromatic nitrogens is 2. The molecule has 2 amide bonds. The second kappa shape index (κ2) is 10.7. The van der Waals surface area contributed by atoms with Crippen molar-refractivity contribution >= 4 is 41.0 Å². The second-order valence-electron chi connectivity index (χ2n) is 7.34. The molecule has 2 aromatic rings. The fourth-order valence-corrected chi connectivity index (χ4v) is 4.01. The number of piperidine rings is 1. The van der Waals surface area contributed by atoms with E-state index in [4.69, 9.17) is 39.4 Å². The molecule has 1 aromatic heterocycles. The number of hydrogen-bond donors (Lipinski definition) is 4. The molecule has 10 nitrogen and oxygen atoms in total. The number of ether oxygens (including phenoxy) is 1. The highest BCUT2D eigenvalue weighted by Gasteiger charge is 2.33. The number of carbonyl (C=O) groups is 2. The van der Waals surface area contributed by atoms with E-state index in [9.17, 15) is 9.59 Å². The van der Waals surface area contributed by atoms with Crippen molar-refractivity contribution in [3.8, 4) is 11.3 Å². The lowest BCUT2D eigenvalue weighted by Gasteiger charge is -2.37. The van der Waals surface area contributed by atoms with E-state index in [-0.39, 0.29) is 37.0 Å². The maximum absolute atomic E-state index is 12.5. The number of guanidine groups is 1. The third-order valence-electron chi connectivity index (χ3n) is 5.28. The van der Waals surface area contributed by atoms with Gasteiger partial charge in [0.15, 0.2) is 5.96 Å². The molecule has 2 atom stereocenters. The molecular weight excluding hydrogens is 457 g/mol. The van der Waals surface area contributed by atoms with Gasteiger partial charge in [0.1, 0.15) is 6.54 Å². The number of benzene rings is 1. The number of amides is 2. The van der Waals surface area contributed by atoms with E-state index < -0.39 is 5.91 Å². The highest BCUT2D eigenvalue weighted by atomic mass is 35.5. The van der Waals surface area contributed by atoms with Crippen LogP contribution in [-0.2, 0) is 14.3 Å². The number of likely N-dealkylation sites (tertiary alicyclic amines) is 1. The van der Waals surface area contributed by atoms with Crippen LogP contribution in [0.5, 0.6) is 0 Å². The van der Waals surface area contributed by atoms with Gasteiger partial charge in [-0.05, 0) is 18.6 Å². The second-order valence-corrected chi connectivity index (χ2v) is 8.12. The van der Waals surface area contributed by atoms with Crippen LogP contribution < -0.4 is 16.8 Å². The summed E-state index contributed by atoms with van der Waals surface area (Å²) in [5.41, 5.74) is 12.7. The van der Waals surface area contributed by atoms with Crippen molar-refractivity contribution in [1.82, 2.24) is 20.4 Å². The minimum atomic E-state index is -0.436. The molecule has 0 spiro atoms. The molecular formula is C20H25Cl2N7O3. The van der Waals surface area contributed by atoms with E-state index in [1.54, 1.807) is 18.1 Å². The first-order valence-electron chi connectivity index (χ1n) is 9.92. The summed E-state index contributed by atoms with van der Waals surface area (Å²) in [5.74, 6) is -0.815. The molecule has 0 saturated carbocycles. The predicted octanol–water partition coefficient (Wildman–Crippen LogP) is 1.10. The molecule has 1 aliphatic rings. The summed E-state index contributed by atoms with van der Waals surface area (Å²) in [7, 11) is 1.60. The van der Waals surface area contributed by atoms with Gasteiger partial charge in [0.2, 0.25) is 11.8 Å². The lowest BCUT2D eigenvalue weighted by Crippen LogP contribution is -2.49. The fourth-order valence-electron chi connectivity index (χ4n) is 3.61. The highest BCUT2D eigenvalue weighted by molar-refractivity contribution is 6.43.